The van der Waals surface area contributed by atoms with Crippen molar-refractivity contribution < 1.29 is 4.39 Å². The molecular formula is C18H20ClFN2. The van der Waals surface area contributed by atoms with Gasteiger partial charge in [0, 0.05) is 31.4 Å². The van der Waals surface area contributed by atoms with Gasteiger partial charge in [-0.05, 0) is 36.6 Å². The molecule has 1 aliphatic heterocycles. The first-order valence-corrected chi connectivity index (χ1v) is 8.06. The van der Waals surface area contributed by atoms with Crippen LogP contribution in [0.2, 0.25) is 5.02 Å². The zero-order valence-corrected chi connectivity index (χ0v) is 13.2. The number of nitrogens with zero attached hydrogens (tertiary/aromatic N) is 1. The van der Waals surface area contributed by atoms with Crippen molar-refractivity contribution in [2.75, 3.05) is 18.4 Å². The summed E-state index contributed by atoms with van der Waals surface area (Å²) in [6.45, 7) is 3.12. The normalized spacial score (nSPS) is 16.6. The molecule has 1 aliphatic rings. The van der Waals surface area contributed by atoms with E-state index in [-0.39, 0.29) is 10.8 Å². The highest BCUT2D eigenvalue weighted by Crippen LogP contribution is 2.22. The number of likely N-dealkylation sites (tertiary alicyclic amines) is 1. The van der Waals surface area contributed by atoms with Crippen molar-refractivity contribution in [1.82, 2.24) is 4.90 Å². The summed E-state index contributed by atoms with van der Waals surface area (Å²) >= 11 is 5.71. The van der Waals surface area contributed by atoms with Gasteiger partial charge in [0.05, 0.1) is 5.02 Å². The van der Waals surface area contributed by atoms with E-state index in [0.717, 1.165) is 38.2 Å². The van der Waals surface area contributed by atoms with Gasteiger partial charge >= 0.3 is 0 Å². The van der Waals surface area contributed by atoms with E-state index in [4.69, 9.17) is 11.6 Å². The molecule has 0 saturated carbocycles. The number of benzene rings is 2. The molecule has 1 N–H and O–H groups in total. The Hall–Kier alpha value is -1.58. The molecule has 0 spiro atoms. The largest absolute Gasteiger partial charge is 0.382 e. The van der Waals surface area contributed by atoms with Crippen molar-refractivity contribution in [3.05, 3.63) is 64.9 Å². The lowest BCUT2D eigenvalue weighted by Crippen LogP contribution is -2.38. The number of nitrogens with one attached hydrogen (secondary N) is 1. The number of anilines is 1. The summed E-state index contributed by atoms with van der Waals surface area (Å²) in [5.41, 5.74) is 2.16. The van der Waals surface area contributed by atoms with Crippen LogP contribution in [-0.4, -0.2) is 24.0 Å². The van der Waals surface area contributed by atoms with Crippen molar-refractivity contribution in [1.29, 1.82) is 0 Å². The lowest BCUT2D eigenvalue weighted by atomic mass is 10.0. The van der Waals surface area contributed by atoms with Gasteiger partial charge in [0.25, 0.3) is 0 Å². The zero-order valence-electron chi connectivity index (χ0n) is 12.4. The Balaban J connectivity index is 1.50. The van der Waals surface area contributed by atoms with Gasteiger partial charge in [0.1, 0.15) is 5.82 Å². The zero-order chi connectivity index (χ0) is 15.4. The summed E-state index contributed by atoms with van der Waals surface area (Å²) in [5, 5.41) is 3.58. The SMILES string of the molecule is Fc1cc(NC2CCN(Cc3ccccc3)CC2)ccc1Cl. The first kappa shape index (κ1) is 15.3. The van der Waals surface area contributed by atoms with Crippen LogP contribution in [0.5, 0.6) is 0 Å². The molecule has 2 nitrogen and oxygen atoms in total. The minimum atomic E-state index is -0.367. The van der Waals surface area contributed by atoms with Gasteiger partial charge in [0.2, 0.25) is 0 Å². The van der Waals surface area contributed by atoms with Crippen molar-refractivity contribution >= 4 is 17.3 Å². The van der Waals surface area contributed by atoms with E-state index in [0.29, 0.717) is 6.04 Å². The van der Waals surface area contributed by atoms with E-state index in [1.807, 2.05) is 12.1 Å². The molecule has 1 fully saturated rings. The van der Waals surface area contributed by atoms with Gasteiger partial charge in [-0.15, -0.1) is 0 Å². The van der Waals surface area contributed by atoms with E-state index in [1.54, 1.807) is 6.07 Å². The van der Waals surface area contributed by atoms with Crippen LogP contribution in [0.4, 0.5) is 10.1 Å². The van der Waals surface area contributed by atoms with Gasteiger partial charge in [0.15, 0.2) is 0 Å². The number of halogens is 2. The van der Waals surface area contributed by atoms with E-state index in [2.05, 4.69) is 34.5 Å². The van der Waals surface area contributed by atoms with Crippen molar-refractivity contribution in [2.45, 2.75) is 25.4 Å². The van der Waals surface area contributed by atoms with Gasteiger partial charge < -0.3 is 5.32 Å². The van der Waals surface area contributed by atoms with Crippen LogP contribution in [0.15, 0.2) is 48.5 Å². The van der Waals surface area contributed by atoms with Crippen LogP contribution in [-0.2, 0) is 6.54 Å². The first-order valence-electron chi connectivity index (χ1n) is 7.68. The highest BCUT2D eigenvalue weighted by atomic mass is 35.5. The summed E-state index contributed by atoms with van der Waals surface area (Å²) in [4.78, 5) is 2.47. The second kappa shape index (κ2) is 7.12. The van der Waals surface area contributed by atoms with Gasteiger partial charge in [-0.1, -0.05) is 41.9 Å². The summed E-state index contributed by atoms with van der Waals surface area (Å²) in [6, 6.07) is 15.8. The quantitative estimate of drug-likeness (QED) is 0.889. The molecule has 0 amide bonds. The molecule has 0 unspecified atom stereocenters. The molecule has 0 aliphatic carbocycles. The van der Waals surface area contributed by atoms with Gasteiger partial charge in [-0.25, -0.2) is 4.39 Å². The second-order valence-corrected chi connectivity index (χ2v) is 6.22. The van der Waals surface area contributed by atoms with Crippen LogP contribution in [0, 0.1) is 5.82 Å². The smallest absolute Gasteiger partial charge is 0.143 e. The molecule has 2 aromatic carbocycles. The number of rotatable bonds is 4. The van der Waals surface area contributed by atoms with Crippen molar-refractivity contribution in [2.24, 2.45) is 0 Å². The third-order valence-electron chi connectivity index (χ3n) is 4.13. The molecule has 0 bridgehead atoms. The monoisotopic (exact) mass is 318 g/mol. The highest BCUT2D eigenvalue weighted by Gasteiger charge is 2.19. The molecule has 2 aromatic rings. The maximum Gasteiger partial charge on any atom is 0.143 e. The number of piperidine rings is 1. The molecule has 1 saturated heterocycles. The fraction of sp³-hybridized carbons (Fsp3) is 0.333. The average Bonchev–Trinajstić information content (AvgIpc) is 2.54. The van der Waals surface area contributed by atoms with Crippen LogP contribution in [0.1, 0.15) is 18.4 Å². The molecule has 22 heavy (non-hydrogen) atoms. The molecule has 4 heteroatoms. The highest BCUT2D eigenvalue weighted by molar-refractivity contribution is 6.30. The Morgan fingerprint density at radius 1 is 1.09 bits per heavy atom. The third-order valence-corrected chi connectivity index (χ3v) is 4.43. The molecular weight excluding hydrogens is 299 g/mol. The maximum absolute atomic E-state index is 13.5. The molecule has 0 radical (unpaired) electrons. The van der Waals surface area contributed by atoms with E-state index >= 15 is 0 Å². The van der Waals surface area contributed by atoms with E-state index in [9.17, 15) is 4.39 Å². The van der Waals surface area contributed by atoms with Crippen molar-refractivity contribution in [3.63, 3.8) is 0 Å². The molecule has 0 aromatic heterocycles. The number of hydrogen-bond donors (Lipinski definition) is 1. The fourth-order valence-corrected chi connectivity index (χ4v) is 3.02. The minimum absolute atomic E-state index is 0.170. The average molecular weight is 319 g/mol. The Labute approximate surface area is 135 Å². The lowest BCUT2D eigenvalue weighted by Gasteiger charge is -2.33. The topological polar surface area (TPSA) is 15.3 Å². The van der Waals surface area contributed by atoms with Crippen LogP contribution < -0.4 is 5.32 Å². The first-order chi connectivity index (χ1) is 10.7. The van der Waals surface area contributed by atoms with Gasteiger partial charge in [-0.2, -0.15) is 0 Å². The molecule has 0 atom stereocenters. The van der Waals surface area contributed by atoms with Crippen LogP contribution >= 0.6 is 11.6 Å². The predicted molar refractivity (Wildman–Crippen MR) is 89.8 cm³/mol. The summed E-state index contributed by atoms with van der Waals surface area (Å²) in [7, 11) is 0. The number of hydrogen-bond acceptors (Lipinski definition) is 2. The minimum Gasteiger partial charge on any atom is -0.382 e. The molecule has 1 heterocycles. The Morgan fingerprint density at radius 2 is 1.82 bits per heavy atom. The standard InChI is InChI=1S/C18H20ClFN2/c19-17-7-6-16(12-18(17)20)21-15-8-10-22(11-9-15)13-14-4-2-1-3-5-14/h1-7,12,15,21H,8-11,13H2. The Morgan fingerprint density at radius 3 is 2.50 bits per heavy atom. The van der Waals surface area contributed by atoms with E-state index < -0.39 is 0 Å². The Kier molecular flexibility index (Phi) is 4.96. The van der Waals surface area contributed by atoms with Crippen molar-refractivity contribution in [3.8, 4) is 0 Å². The molecule has 3 rings (SSSR count). The van der Waals surface area contributed by atoms with E-state index in [1.165, 1.54) is 11.6 Å². The lowest BCUT2D eigenvalue weighted by molar-refractivity contribution is 0.211. The summed E-state index contributed by atoms with van der Waals surface area (Å²) in [6.07, 6.45) is 2.13. The predicted octanol–water partition coefficient (Wildman–Crippen LogP) is 4.56. The third kappa shape index (κ3) is 3.99. The van der Waals surface area contributed by atoms with Gasteiger partial charge in [-0.3, -0.25) is 4.90 Å². The summed E-state index contributed by atoms with van der Waals surface area (Å²) < 4.78 is 13.5. The van der Waals surface area contributed by atoms with Crippen LogP contribution in [0.25, 0.3) is 0 Å². The maximum atomic E-state index is 13.5. The Bertz CT molecular complexity index is 610. The van der Waals surface area contributed by atoms with Crippen LogP contribution in [0.3, 0.4) is 0 Å². The summed E-state index contributed by atoms with van der Waals surface area (Å²) in [5.74, 6) is -0.367. The molecule has 116 valence electrons. The second-order valence-electron chi connectivity index (χ2n) is 5.81. The fourth-order valence-electron chi connectivity index (χ4n) is 2.90.